The highest BCUT2D eigenvalue weighted by atomic mass is 32.2. The number of rotatable bonds is 6. The summed E-state index contributed by atoms with van der Waals surface area (Å²) < 4.78 is 5.64. The molecule has 4 rings (SSSR count). The molecule has 0 saturated heterocycles. The van der Waals surface area contributed by atoms with E-state index < -0.39 is 0 Å². The van der Waals surface area contributed by atoms with Crippen LogP contribution in [0.1, 0.15) is 29.8 Å². The first-order valence-electron chi connectivity index (χ1n) is 10.1. The molecule has 0 fully saturated rings. The maximum Gasteiger partial charge on any atom is 0.261 e. The van der Waals surface area contributed by atoms with E-state index in [-0.39, 0.29) is 24.5 Å². The minimum absolute atomic E-state index is 0.0702. The fourth-order valence-electron chi connectivity index (χ4n) is 3.28. The van der Waals surface area contributed by atoms with Crippen molar-refractivity contribution in [3.8, 4) is 5.75 Å². The summed E-state index contributed by atoms with van der Waals surface area (Å²) in [6.07, 6.45) is 1.78. The second-order valence-electron chi connectivity index (χ2n) is 7.40. The zero-order valence-corrected chi connectivity index (χ0v) is 18.2. The van der Waals surface area contributed by atoms with Crippen molar-refractivity contribution in [3.63, 3.8) is 0 Å². The van der Waals surface area contributed by atoms with E-state index in [1.807, 2.05) is 62.4 Å². The number of benzene rings is 2. The van der Waals surface area contributed by atoms with Gasteiger partial charge in [0.2, 0.25) is 5.91 Å². The first-order valence-corrected chi connectivity index (χ1v) is 10.9. The van der Waals surface area contributed by atoms with Crippen LogP contribution < -0.4 is 15.0 Å². The molecule has 158 valence electrons. The van der Waals surface area contributed by atoms with E-state index in [4.69, 9.17) is 4.74 Å². The molecule has 3 aromatic rings. The molecule has 0 bridgehead atoms. The van der Waals surface area contributed by atoms with Gasteiger partial charge >= 0.3 is 0 Å². The van der Waals surface area contributed by atoms with Crippen molar-refractivity contribution < 1.29 is 14.3 Å². The van der Waals surface area contributed by atoms with E-state index in [2.05, 4.69) is 10.3 Å². The minimum atomic E-state index is -0.233. The lowest BCUT2D eigenvalue weighted by Crippen LogP contribution is -2.40. The molecule has 1 aromatic heterocycles. The summed E-state index contributed by atoms with van der Waals surface area (Å²) in [5.74, 6) is 0.329. The fraction of sp³-hybridized carbons (Fsp3) is 0.208. The van der Waals surface area contributed by atoms with Crippen molar-refractivity contribution in [2.45, 2.75) is 36.4 Å². The predicted octanol–water partition coefficient (Wildman–Crippen LogP) is 4.30. The molecule has 7 heteroatoms. The largest absolute Gasteiger partial charge is 0.491 e. The van der Waals surface area contributed by atoms with Crippen molar-refractivity contribution >= 4 is 29.3 Å². The minimum Gasteiger partial charge on any atom is -0.491 e. The van der Waals surface area contributed by atoms with E-state index in [0.29, 0.717) is 22.8 Å². The van der Waals surface area contributed by atoms with Crippen LogP contribution in [0.3, 0.4) is 0 Å². The molecule has 1 aliphatic heterocycles. The summed E-state index contributed by atoms with van der Waals surface area (Å²) in [6, 6.07) is 18.7. The molecule has 6 nitrogen and oxygen atoms in total. The van der Waals surface area contributed by atoms with Crippen molar-refractivity contribution in [2.75, 3.05) is 11.4 Å². The van der Waals surface area contributed by atoms with Crippen LogP contribution in [0.4, 0.5) is 5.69 Å². The van der Waals surface area contributed by atoms with E-state index in [9.17, 15) is 9.59 Å². The number of ether oxygens (including phenoxy) is 1. The van der Waals surface area contributed by atoms with Crippen LogP contribution in [-0.4, -0.2) is 29.4 Å². The summed E-state index contributed by atoms with van der Waals surface area (Å²) in [4.78, 5) is 32.7. The normalized spacial score (nSPS) is 12.7. The summed E-state index contributed by atoms with van der Waals surface area (Å²) in [5, 5.41) is 3.55. The number of carbonyl (C=O) groups is 2. The third kappa shape index (κ3) is 4.88. The molecular formula is C24H23N3O3S. The number of anilines is 1. The molecular weight excluding hydrogens is 410 g/mol. The van der Waals surface area contributed by atoms with Crippen molar-refractivity contribution in [2.24, 2.45) is 0 Å². The molecule has 2 amide bonds. The number of hydrogen-bond acceptors (Lipinski definition) is 5. The van der Waals surface area contributed by atoms with Gasteiger partial charge in [-0.3, -0.25) is 14.5 Å². The Kier molecular flexibility index (Phi) is 6.23. The Morgan fingerprint density at radius 2 is 1.87 bits per heavy atom. The summed E-state index contributed by atoms with van der Waals surface area (Å²) in [6.45, 7) is 4.25. The SMILES string of the molecule is CC(C)Oc1ccc(CNC(=O)CN2C(=O)c3cccnc3Sc3ccccc32)cc1. The van der Waals surface area contributed by atoms with E-state index >= 15 is 0 Å². The molecule has 0 spiro atoms. The first-order chi connectivity index (χ1) is 15.0. The number of para-hydroxylation sites is 1. The smallest absolute Gasteiger partial charge is 0.261 e. The molecule has 2 heterocycles. The molecule has 1 aliphatic rings. The summed E-state index contributed by atoms with van der Waals surface area (Å²) in [5.41, 5.74) is 2.16. The average molecular weight is 434 g/mol. The van der Waals surface area contributed by atoms with Crippen molar-refractivity contribution in [1.29, 1.82) is 0 Å². The van der Waals surface area contributed by atoms with Crippen molar-refractivity contribution in [1.82, 2.24) is 10.3 Å². The number of pyridine rings is 1. The summed E-state index contributed by atoms with van der Waals surface area (Å²) >= 11 is 1.44. The molecule has 31 heavy (non-hydrogen) atoms. The Balaban J connectivity index is 1.47. The van der Waals surface area contributed by atoms with Crippen LogP contribution >= 0.6 is 11.8 Å². The topological polar surface area (TPSA) is 71.5 Å². The van der Waals surface area contributed by atoms with Gasteiger partial charge < -0.3 is 10.1 Å². The van der Waals surface area contributed by atoms with Gasteiger partial charge in [0, 0.05) is 17.6 Å². The first kappa shape index (κ1) is 20.9. The van der Waals surface area contributed by atoms with Gasteiger partial charge in [-0.2, -0.15) is 0 Å². The number of aromatic nitrogens is 1. The van der Waals surface area contributed by atoms with Crippen LogP contribution in [0.5, 0.6) is 5.75 Å². The standard InChI is InChI=1S/C24H23N3O3S/c1-16(2)30-18-11-9-17(10-12-18)14-26-22(28)15-27-20-7-3-4-8-21(20)31-23-19(24(27)29)6-5-13-25-23/h3-13,16H,14-15H2,1-2H3,(H,26,28). The lowest BCUT2D eigenvalue weighted by atomic mass is 10.2. The van der Waals surface area contributed by atoms with Gasteiger partial charge in [-0.15, -0.1) is 0 Å². The monoisotopic (exact) mass is 433 g/mol. The lowest BCUT2D eigenvalue weighted by molar-refractivity contribution is -0.119. The highest BCUT2D eigenvalue weighted by molar-refractivity contribution is 7.99. The van der Waals surface area contributed by atoms with Crippen LogP contribution in [-0.2, 0) is 11.3 Å². The quantitative estimate of drug-likeness (QED) is 0.628. The van der Waals surface area contributed by atoms with Crippen LogP contribution in [0.15, 0.2) is 76.8 Å². The number of carbonyl (C=O) groups excluding carboxylic acids is 2. The van der Waals surface area contributed by atoms with Crippen LogP contribution in [0.25, 0.3) is 0 Å². The van der Waals surface area contributed by atoms with E-state index in [0.717, 1.165) is 16.2 Å². The van der Waals surface area contributed by atoms with Gasteiger partial charge in [-0.25, -0.2) is 4.98 Å². The molecule has 0 saturated carbocycles. The van der Waals surface area contributed by atoms with Gasteiger partial charge in [-0.05, 0) is 55.8 Å². The predicted molar refractivity (Wildman–Crippen MR) is 121 cm³/mol. The third-order valence-electron chi connectivity index (χ3n) is 4.70. The Bertz CT molecular complexity index is 1100. The fourth-order valence-corrected chi connectivity index (χ4v) is 4.29. The molecule has 0 radical (unpaired) electrons. The summed E-state index contributed by atoms with van der Waals surface area (Å²) in [7, 11) is 0. The van der Waals surface area contributed by atoms with Crippen LogP contribution in [0.2, 0.25) is 0 Å². The lowest BCUT2D eigenvalue weighted by Gasteiger charge is -2.22. The zero-order valence-electron chi connectivity index (χ0n) is 17.4. The number of nitrogens with one attached hydrogen (secondary N) is 1. The Morgan fingerprint density at radius 1 is 1.10 bits per heavy atom. The van der Waals surface area contributed by atoms with Gasteiger partial charge in [-0.1, -0.05) is 36.0 Å². The van der Waals surface area contributed by atoms with Crippen molar-refractivity contribution in [3.05, 3.63) is 78.0 Å². The number of hydrogen-bond donors (Lipinski definition) is 1. The highest BCUT2D eigenvalue weighted by Crippen LogP contribution is 2.39. The van der Waals surface area contributed by atoms with Gasteiger partial charge in [0.1, 0.15) is 17.3 Å². The maximum atomic E-state index is 13.2. The highest BCUT2D eigenvalue weighted by Gasteiger charge is 2.29. The number of amides is 2. The Morgan fingerprint density at radius 3 is 2.65 bits per heavy atom. The Labute approximate surface area is 185 Å². The third-order valence-corrected chi connectivity index (χ3v) is 5.78. The molecule has 2 aromatic carbocycles. The van der Waals surface area contributed by atoms with Gasteiger partial charge in [0.15, 0.2) is 0 Å². The zero-order chi connectivity index (χ0) is 21.8. The number of fused-ring (bicyclic) bond motifs is 2. The van der Waals surface area contributed by atoms with Gasteiger partial charge in [0.05, 0.1) is 17.4 Å². The second-order valence-corrected chi connectivity index (χ2v) is 8.44. The molecule has 0 unspecified atom stereocenters. The maximum absolute atomic E-state index is 13.2. The van der Waals surface area contributed by atoms with E-state index in [1.165, 1.54) is 16.7 Å². The number of nitrogens with zero attached hydrogens (tertiary/aromatic N) is 2. The second kappa shape index (κ2) is 9.22. The Hall–Kier alpha value is -3.32. The molecule has 0 atom stereocenters. The van der Waals surface area contributed by atoms with Gasteiger partial charge in [0.25, 0.3) is 5.91 Å². The molecule has 1 N–H and O–H groups in total. The average Bonchev–Trinajstić information content (AvgIpc) is 2.88. The molecule has 0 aliphatic carbocycles. The van der Waals surface area contributed by atoms with Crippen LogP contribution in [0, 0.1) is 0 Å². The van der Waals surface area contributed by atoms with E-state index in [1.54, 1.807) is 18.3 Å².